The number of hydrogen-bond donors (Lipinski definition) is 1. The summed E-state index contributed by atoms with van der Waals surface area (Å²) in [5.74, 6) is 1.03. The number of rotatable bonds is 5. The topological polar surface area (TPSA) is 62.6 Å². The van der Waals surface area contributed by atoms with E-state index in [1.165, 1.54) is 25.7 Å². The van der Waals surface area contributed by atoms with Gasteiger partial charge in [-0.3, -0.25) is 9.59 Å². The minimum absolute atomic E-state index is 0.00177. The highest BCUT2D eigenvalue weighted by Gasteiger charge is 2.34. The highest BCUT2D eigenvalue weighted by atomic mass is 16.3. The van der Waals surface area contributed by atoms with Gasteiger partial charge in [-0.15, -0.1) is 0 Å². The van der Waals surface area contributed by atoms with Crippen LogP contribution in [0.4, 0.5) is 0 Å². The van der Waals surface area contributed by atoms with E-state index in [0.29, 0.717) is 31.8 Å². The number of amides is 2. The molecule has 0 unspecified atom stereocenters. The first kappa shape index (κ1) is 16.1. The Hall–Kier alpha value is -1.78. The number of carbonyl (C=O) groups is 2. The standard InChI is InChI=1S/C18H26N2O3/c21-17(10-9-16-8-5-11-23-16)19-14-12-18(22)20(13-14)15-6-3-1-2-4-7-15/h5,8,11,14-15H,1-4,6-7,9-10,12-13H2,(H,19,21)/t14-/m1/s1. The molecule has 1 aromatic heterocycles. The predicted molar refractivity (Wildman–Crippen MR) is 86.8 cm³/mol. The first-order valence-corrected chi connectivity index (χ1v) is 8.83. The Morgan fingerprint density at radius 1 is 1.26 bits per heavy atom. The van der Waals surface area contributed by atoms with Gasteiger partial charge in [0, 0.05) is 31.8 Å². The SMILES string of the molecule is O=C(CCc1ccco1)N[C@@H]1CC(=O)N(C2CCCCCC2)C1. The molecule has 0 bridgehead atoms. The molecule has 1 aliphatic carbocycles. The molecular weight excluding hydrogens is 292 g/mol. The third-order valence-corrected chi connectivity index (χ3v) is 4.97. The number of aryl methyl sites for hydroxylation is 1. The van der Waals surface area contributed by atoms with Crippen molar-refractivity contribution in [1.82, 2.24) is 10.2 Å². The molecule has 23 heavy (non-hydrogen) atoms. The second-order valence-electron chi connectivity index (χ2n) is 6.74. The summed E-state index contributed by atoms with van der Waals surface area (Å²) in [5, 5.41) is 3.01. The Bertz CT molecular complexity index is 518. The summed E-state index contributed by atoms with van der Waals surface area (Å²) in [6.45, 7) is 0.677. The molecule has 3 rings (SSSR count). The molecule has 2 fully saturated rings. The smallest absolute Gasteiger partial charge is 0.225 e. The van der Waals surface area contributed by atoms with E-state index in [1.54, 1.807) is 6.26 Å². The second kappa shape index (κ2) is 7.66. The first-order valence-electron chi connectivity index (χ1n) is 8.83. The van der Waals surface area contributed by atoms with Gasteiger partial charge in [0.05, 0.1) is 12.3 Å². The van der Waals surface area contributed by atoms with Crippen molar-refractivity contribution in [1.29, 1.82) is 0 Å². The van der Waals surface area contributed by atoms with Gasteiger partial charge in [0.1, 0.15) is 5.76 Å². The van der Waals surface area contributed by atoms with Crippen LogP contribution < -0.4 is 5.32 Å². The molecule has 1 aromatic rings. The highest BCUT2D eigenvalue weighted by Crippen LogP contribution is 2.25. The van der Waals surface area contributed by atoms with Crippen molar-refractivity contribution in [2.24, 2.45) is 0 Å². The Labute approximate surface area is 137 Å². The second-order valence-corrected chi connectivity index (χ2v) is 6.74. The Kier molecular flexibility index (Phi) is 5.36. The quantitative estimate of drug-likeness (QED) is 0.849. The van der Waals surface area contributed by atoms with Crippen LogP contribution in [0.2, 0.25) is 0 Å². The van der Waals surface area contributed by atoms with Crippen LogP contribution in [-0.4, -0.2) is 35.3 Å². The molecule has 2 heterocycles. The molecule has 1 saturated heterocycles. The summed E-state index contributed by atoms with van der Waals surface area (Å²) in [6, 6.07) is 4.05. The molecule has 2 amide bonds. The van der Waals surface area contributed by atoms with Gasteiger partial charge in [-0.2, -0.15) is 0 Å². The van der Waals surface area contributed by atoms with Crippen molar-refractivity contribution >= 4 is 11.8 Å². The molecule has 5 nitrogen and oxygen atoms in total. The number of nitrogens with zero attached hydrogens (tertiary/aromatic N) is 1. The number of likely N-dealkylation sites (tertiary alicyclic amines) is 1. The number of nitrogens with one attached hydrogen (secondary N) is 1. The molecule has 126 valence electrons. The van der Waals surface area contributed by atoms with Crippen molar-refractivity contribution in [3.8, 4) is 0 Å². The lowest BCUT2D eigenvalue weighted by Gasteiger charge is -2.27. The fraction of sp³-hybridized carbons (Fsp3) is 0.667. The summed E-state index contributed by atoms with van der Waals surface area (Å²) in [5.41, 5.74) is 0. The number of carbonyl (C=O) groups excluding carboxylic acids is 2. The predicted octanol–water partition coefficient (Wildman–Crippen LogP) is 2.65. The Morgan fingerprint density at radius 2 is 2.04 bits per heavy atom. The lowest BCUT2D eigenvalue weighted by molar-refractivity contribution is -0.129. The van der Waals surface area contributed by atoms with E-state index in [1.807, 2.05) is 17.0 Å². The van der Waals surface area contributed by atoms with Crippen molar-refractivity contribution in [2.45, 2.75) is 69.9 Å². The van der Waals surface area contributed by atoms with Gasteiger partial charge in [0.25, 0.3) is 0 Å². The molecule has 1 aliphatic heterocycles. The summed E-state index contributed by atoms with van der Waals surface area (Å²) in [4.78, 5) is 26.4. The van der Waals surface area contributed by atoms with E-state index in [0.717, 1.165) is 18.6 Å². The number of hydrogen-bond acceptors (Lipinski definition) is 3. The van der Waals surface area contributed by atoms with Crippen LogP contribution in [0.5, 0.6) is 0 Å². The van der Waals surface area contributed by atoms with Gasteiger partial charge < -0.3 is 14.6 Å². The molecule has 1 atom stereocenters. The van der Waals surface area contributed by atoms with Gasteiger partial charge in [-0.1, -0.05) is 25.7 Å². The van der Waals surface area contributed by atoms with Gasteiger partial charge in [0.15, 0.2) is 0 Å². The molecular formula is C18H26N2O3. The van der Waals surface area contributed by atoms with Crippen LogP contribution >= 0.6 is 0 Å². The average molecular weight is 318 g/mol. The summed E-state index contributed by atoms with van der Waals surface area (Å²) in [7, 11) is 0. The van der Waals surface area contributed by atoms with Crippen LogP contribution in [0.1, 0.15) is 57.1 Å². The maximum absolute atomic E-state index is 12.3. The molecule has 5 heteroatoms. The van der Waals surface area contributed by atoms with Gasteiger partial charge in [-0.25, -0.2) is 0 Å². The molecule has 0 spiro atoms. The Morgan fingerprint density at radius 3 is 2.74 bits per heavy atom. The normalized spacial score (nSPS) is 23.0. The zero-order valence-corrected chi connectivity index (χ0v) is 13.6. The van der Waals surface area contributed by atoms with Crippen LogP contribution in [0, 0.1) is 0 Å². The first-order chi connectivity index (χ1) is 11.2. The van der Waals surface area contributed by atoms with Gasteiger partial charge >= 0.3 is 0 Å². The largest absolute Gasteiger partial charge is 0.469 e. The molecule has 1 N–H and O–H groups in total. The van der Waals surface area contributed by atoms with Crippen LogP contribution in [-0.2, 0) is 16.0 Å². The lowest BCUT2D eigenvalue weighted by atomic mass is 10.1. The summed E-state index contributed by atoms with van der Waals surface area (Å²) < 4.78 is 5.24. The minimum Gasteiger partial charge on any atom is -0.469 e. The monoisotopic (exact) mass is 318 g/mol. The fourth-order valence-electron chi connectivity index (χ4n) is 3.74. The fourth-order valence-corrected chi connectivity index (χ4v) is 3.74. The van der Waals surface area contributed by atoms with Gasteiger partial charge in [-0.05, 0) is 25.0 Å². The zero-order chi connectivity index (χ0) is 16.1. The van der Waals surface area contributed by atoms with E-state index in [-0.39, 0.29) is 17.9 Å². The number of furan rings is 1. The average Bonchev–Trinajstić information content (AvgIpc) is 3.08. The van der Waals surface area contributed by atoms with Crippen LogP contribution in [0.25, 0.3) is 0 Å². The lowest BCUT2D eigenvalue weighted by Crippen LogP contribution is -2.40. The van der Waals surface area contributed by atoms with E-state index in [9.17, 15) is 9.59 Å². The van der Waals surface area contributed by atoms with Crippen LogP contribution in [0.3, 0.4) is 0 Å². The molecule has 0 aromatic carbocycles. The summed E-state index contributed by atoms with van der Waals surface area (Å²) >= 11 is 0. The van der Waals surface area contributed by atoms with E-state index >= 15 is 0 Å². The Balaban J connectivity index is 1.46. The zero-order valence-electron chi connectivity index (χ0n) is 13.6. The van der Waals surface area contributed by atoms with E-state index in [2.05, 4.69) is 5.32 Å². The maximum atomic E-state index is 12.3. The van der Waals surface area contributed by atoms with Crippen molar-refractivity contribution < 1.29 is 14.0 Å². The van der Waals surface area contributed by atoms with Crippen molar-refractivity contribution in [3.05, 3.63) is 24.2 Å². The third-order valence-electron chi connectivity index (χ3n) is 4.97. The highest BCUT2D eigenvalue weighted by molar-refractivity contribution is 5.82. The molecule has 0 radical (unpaired) electrons. The van der Waals surface area contributed by atoms with Gasteiger partial charge in [0.2, 0.25) is 11.8 Å². The third kappa shape index (κ3) is 4.36. The van der Waals surface area contributed by atoms with E-state index < -0.39 is 0 Å². The van der Waals surface area contributed by atoms with Crippen molar-refractivity contribution in [3.63, 3.8) is 0 Å². The minimum atomic E-state index is -0.0325. The van der Waals surface area contributed by atoms with Crippen molar-refractivity contribution in [2.75, 3.05) is 6.54 Å². The molecule has 1 saturated carbocycles. The summed E-state index contributed by atoms with van der Waals surface area (Å²) in [6.07, 6.45) is 10.3. The van der Waals surface area contributed by atoms with Crippen LogP contribution in [0.15, 0.2) is 22.8 Å². The maximum Gasteiger partial charge on any atom is 0.225 e. The molecule has 2 aliphatic rings. The van der Waals surface area contributed by atoms with E-state index in [4.69, 9.17) is 4.42 Å².